The van der Waals surface area contributed by atoms with Gasteiger partial charge in [-0.05, 0) is 26.3 Å². The van der Waals surface area contributed by atoms with E-state index in [0.717, 1.165) is 13.0 Å². The molecule has 1 nitrogen and oxygen atoms in total. The van der Waals surface area contributed by atoms with Crippen molar-refractivity contribution >= 4 is 0 Å². The molecule has 13 heavy (non-hydrogen) atoms. The first-order valence-electron chi connectivity index (χ1n) is 4.98. The van der Waals surface area contributed by atoms with E-state index in [2.05, 4.69) is 38.7 Å². The Morgan fingerprint density at radius 1 is 1.38 bits per heavy atom. The van der Waals surface area contributed by atoms with Crippen LogP contribution in [-0.4, -0.2) is 6.54 Å². The fourth-order valence-electron chi connectivity index (χ4n) is 1.22. The molecule has 0 heterocycles. The molecule has 0 aromatic rings. The lowest BCUT2D eigenvalue weighted by atomic mass is 10.1. The highest BCUT2D eigenvalue weighted by molar-refractivity contribution is 5.25. The molecule has 74 valence electrons. The van der Waals surface area contributed by atoms with Crippen molar-refractivity contribution in [2.24, 2.45) is 0 Å². The van der Waals surface area contributed by atoms with E-state index < -0.39 is 0 Å². The summed E-state index contributed by atoms with van der Waals surface area (Å²) >= 11 is 0. The summed E-state index contributed by atoms with van der Waals surface area (Å²) in [5.41, 5.74) is 2.66. The lowest BCUT2D eigenvalue weighted by Gasteiger charge is -2.08. The van der Waals surface area contributed by atoms with Crippen LogP contribution in [0, 0.1) is 0 Å². The second-order valence-corrected chi connectivity index (χ2v) is 3.07. The van der Waals surface area contributed by atoms with Gasteiger partial charge in [-0.1, -0.05) is 37.6 Å². The molecule has 0 atom stereocenters. The van der Waals surface area contributed by atoms with Crippen molar-refractivity contribution in [1.29, 1.82) is 0 Å². The van der Waals surface area contributed by atoms with Crippen molar-refractivity contribution in [3.05, 3.63) is 36.1 Å². The molecule has 0 aromatic carbocycles. The number of hydrogen-bond donors (Lipinski definition) is 1. The Bertz CT molecular complexity index is 199. The zero-order chi connectivity index (χ0) is 10.1. The third-order valence-electron chi connectivity index (χ3n) is 1.85. The molecule has 0 aromatic heterocycles. The Balaban J connectivity index is 4.44. The normalized spacial score (nSPS) is 12.8. The van der Waals surface area contributed by atoms with Crippen LogP contribution in [0.4, 0.5) is 0 Å². The SMILES string of the molecule is C=C/C=C\C(NCC)=C(/C)CCC. The molecule has 1 N–H and O–H groups in total. The highest BCUT2D eigenvalue weighted by atomic mass is 14.9. The van der Waals surface area contributed by atoms with Crippen LogP contribution < -0.4 is 5.32 Å². The van der Waals surface area contributed by atoms with Crippen molar-refractivity contribution in [3.63, 3.8) is 0 Å². The van der Waals surface area contributed by atoms with Gasteiger partial charge >= 0.3 is 0 Å². The highest BCUT2D eigenvalue weighted by Gasteiger charge is 1.95. The summed E-state index contributed by atoms with van der Waals surface area (Å²) in [6.45, 7) is 11.1. The van der Waals surface area contributed by atoms with Crippen molar-refractivity contribution in [2.75, 3.05) is 6.54 Å². The molecule has 1 heteroatoms. The molecule has 0 aliphatic heterocycles. The maximum Gasteiger partial charge on any atom is 0.0329 e. The quantitative estimate of drug-likeness (QED) is 0.616. The topological polar surface area (TPSA) is 12.0 Å². The number of hydrogen-bond acceptors (Lipinski definition) is 1. The van der Waals surface area contributed by atoms with Gasteiger partial charge in [0.15, 0.2) is 0 Å². The van der Waals surface area contributed by atoms with Crippen LogP contribution in [0.5, 0.6) is 0 Å². The molecule has 0 amide bonds. The predicted octanol–water partition coefficient (Wildman–Crippen LogP) is 3.41. The van der Waals surface area contributed by atoms with Gasteiger partial charge in [0.2, 0.25) is 0 Å². The first-order valence-corrected chi connectivity index (χ1v) is 4.98. The summed E-state index contributed by atoms with van der Waals surface area (Å²) in [6, 6.07) is 0. The average Bonchev–Trinajstić information content (AvgIpc) is 2.12. The average molecular weight is 179 g/mol. The van der Waals surface area contributed by atoms with E-state index in [-0.39, 0.29) is 0 Å². The molecule has 0 aliphatic rings. The van der Waals surface area contributed by atoms with Crippen LogP contribution in [0.3, 0.4) is 0 Å². The predicted molar refractivity (Wildman–Crippen MR) is 60.6 cm³/mol. The minimum Gasteiger partial charge on any atom is -0.385 e. The molecular weight excluding hydrogens is 158 g/mol. The van der Waals surface area contributed by atoms with Crippen LogP contribution in [0.25, 0.3) is 0 Å². The van der Waals surface area contributed by atoms with Crippen LogP contribution in [0.1, 0.15) is 33.6 Å². The van der Waals surface area contributed by atoms with E-state index in [4.69, 9.17) is 0 Å². The summed E-state index contributed by atoms with van der Waals surface area (Å²) in [5, 5.41) is 3.35. The summed E-state index contributed by atoms with van der Waals surface area (Å²) in [7, 11) is 0. The third-order valence-corrected chi connectivity index (χ3v) is 1.85. The van der Waals surface area contributed by atoms with Crippen LogP contribution in [0.2, 0.25) is 0 Å². The molecule has 0 spiro atoms. The van der Waals surface area contributed by atoms with Crippen molar-refractivity contribution in [3.8, 4) is 0 Å². The zero-order valence-electron chi connectivity index (χ0n) is 9.06. The molecule has 0 fully saturated rings. The lowest BCUT2D eigenvalue weighted by Crippen LogP contribution is -2.12. The molecular formula is C12H21N. The van der Waals surface area contributed by atoms with Gasteiger partial charge in [0.1, 0.15) is 0 Å². The molecule has 0 rings (SSSR count). The van der Waals surface area contributed by atoms with Gasteiger partial charge in [-0.15, -0.1) is 0 Å². The number of rotatable bonds is 6. The number of allylic oxidation sites excluding steroid dienone is 4. The fraction of sp³-hybridized carbons (Fsp3) is 0.500. The number of nitrogens with one attached hydrogen (secondary N) is 1. The van der Waals surface area contributed by atoms with Gasteiger partial charge in [-0.2, -0.15) is 0 Å². The Labute approximate surface area is 82.2 Å². The Morgan fingerprint density at radius 3 is 2.54 bits per heavy atom. The minimum atomic E-state index is 0.970. The summed E-state index contributed by atoms with van der Waals surface area (Å²) in [4.78, 5) is 0. The summed E-state index contributed by atoms with van der Waals surface area (Å²) in [6.07, 6.45) is 8.21. The summed E-state index contributed by atoms with van der Waals surface area (Å²) < 4.78 is 0. The van der Waals surface area contributed by atoms with Crippen molar-refractivity contribution in [1.82, 2.24) is 5.32 Å². The smallest absolute Gasteiger partial charge is 0.0329 e. The standard InChI is InChI=1S/C12H21N/c1-5-8-10-12(13-7-3)11(4)9-6-2/h5,8,10,13H,1,6-7,9H2,2-4H3/b10-8-,12-11-. The van der Waals surface area contributed by atoms with Crippen LogP contribution in [-0.2, 0) is 0 Å². The lowest BCUT2D eigenvalue weighted by molar-refractivity contribution is 0.822. The molecule has 0 radical (unpaired) electrons. The van der Waals surface area contributed by atoms with Crippen LogP contribution >= 0.6 is 0 Å². The van der Waals surface area contributed by atoms with E-state index >= 15 is 0 Å². The van der Waals surface area contributed by atoms with Gasteiger partial charge in [0.05, 0.1) is 0 Å². The molecule has 0 saturated heterocycles. The molecule has 0 saturated carbocycles. The van der Waals surface area contributed by atoms with Gasteiger partial charge in [-0.3, -0.25) is 0 Å². The van der Waals surface area contributed by atoms with E-state index in [9.17, 15) is 0 Å². The first kappa shape index (κ1) is 12.0. The van der Waals surface area contributed by atoms with E-state index in [0.29, 0.717) is 0 Å². The molecule has 0 aliphatic carbocycles. The maximum atomic E-state index is 3.66. The van der Waals surface area contributed by atoms with Crippen molar-refractivity contribution in [2.45, 2.75) is 33.6 Å². The maximum absolute atomic E-state index is 3.66. The molecule has 0 bridgehead atoms. The number of likely N-dealkylation sites (N-methyl/N-ethyl adjacent to an activating group) is 1. The Hall–Kier alpha value is -0.980. The fourth-order valence-corrected chi connectivity index (χ4v) is 1.22. The van der Waals surface area contributed by atoms with Gasteiger partial charge in [0.25, 0.3) is 0 Å². The van der Waals surface area contributed by atoms with E-state index in [1.807, 2.05) is 6.08 Å². The van der Waals surface area contributed by atoms with E-state index in [1.54, 1.807) is 6.08 Å². The Morgan fingerprint density at radius 2 is 2.08 bits per heavy atom. The van der Waals surface area contributed by atoms with E-state index in [1.165, 1.54) is 17.7 Å². The van der Waals surface area contributed by atoms with Gasteiger partial charge in [-0.25, -0.2) is 0 Å². The summed E-state index contributed by atoms with van der Waals surface area (Å²) in [5.74, 6) is 0. The molecule has 0 unspecified atom stereocenters. The second-order valence-electron chi connectivity index (χ2n) is 3.07. The third kappa shape index (κ3) is 5.29. The minimum absolute atomic E-state index is 0.970. The zero-order valence-corrected chi connectivity index (χ0v) is 9.06. The second kappa shape index (κ2) is 7.66. The van der Waals surface area contributed by atoms with Gasteiger partial charge in [0, 0.05) is 12.2 Å². The first-order chi connectivity index (χ1) is 6.26. The van der Waals surface area contributed by atoms with Gasteiger partial charge < -0.3 is 5.32 Å². The van der Waals surface area contributed by atoms with Crippen LogP contribution in [0.15, 0.2) is 36.1 Å². The highest BCUT2D eigenvalue weighted by Crippen LogP contribution is 2.09. The largest absolute Gasteiger partial charge is 0.385 e. The van der Waals surface area contributed by atoms with Crippen molar-refractivity contribution < 1.29 is 0 Å². The Kier molecular flexibility index (Phi) is 7.08. The monoisotopic (exact) mass is 179 g/mol.